The van der Waals surface area contributed by atoms with Crippen LogP contribution in [-0.4, -0.2) is 36.0 Å². The normalized spacial score (nSPS) is 10.5. The van der Waals surface area contributed by atoms with E-state index in [1.165, 1.54) is 0 Å². The predicted molar refractivity (Wildman–Crippen MR) is 62.1 cm³/mol. The van der Waals surface area contributed by atoms with E-state index in [1.54, 1.807) is 11.8 Å². The van der Waals surface area contributed by atoms with Crippen LogP contribution >= 0.6 is 11.8 Å². The summed E-state index contributed by atoms with van der Waals surface area (Å²) in [6, 6.07) is 1.38. The van der Waals surface area contributed by atoms with Crippen LogP contribution in [0.3, 0.4) is 0 Å². The fourth-order valence-corrected chi connectivity index (χ4v) is 1.33. The van der Waals surface area contributed by atoms with Crippen molar-refractivity contribution < 1.29 is 0 Å². The van der Waals surface area contributed by atoms with E-state index >= 15 is 0 Å². The van der Waals surface area contributed by atoms with Crippen LogP contribution in [0.25, 0.3) is 0 Å². The van der Waals surface area contributed by atoms with Crippen LogP contribution in [0.1, 0.15) is 34.6 Å². The molecule has 0 saturated carbocycles. The summed E-state index contributed by atoms with van der Waals surface area (Å²) in [6.07, 6.45) is 4.08. The number of hydrogen-bond acceptors (Lipinski definition) is 2. The van der Waals surface area contributed by atoms with Gasteiger partial charge < -0.3 is 0 Å². The van der Waals surface area contributed by atoms with Gasteiger partial charge in [0.25, 0.3) is 0 Å². The average Bonchev–Trinajstić information content (AvgIpc) is 1.88. The largest absolute Gasteiger partial charge is 0.299 e. The maximum absolute atomic E-state index is 2.46. The van der Waals surface area contributed by atoms with E-state index in [0.717, 1.165) is 6.54 Å². The standard InChI is InChI=1S/C8H19N.C2H6S/c1-6-9(7(2)3)8(4)5;1-3-2/h7-8H,6H2,1-5H3;1-2H3. The third kappa shape index (κ3) is 8.41. The molecule has 76 valence electrons. The Morgan fingerprint density at radius 3 is 1.25 bits per heavy atom. The third-order valence-electron chi connectivity index (χ3n) is 1.69. The summed E-state index contributed by atoms with van der Waals surface area (Å²) in [5, 5.41) is 0. The van der Waals surface area contributed by atoms with Crippen molar-refractivity contribution in [2.24, 2.45) is 0 Å². The van der Waals surface area contributed by atoms with Crippen LogP contribution in [0.5, 0.6) is 0 Å². The molecule has 0 heterocycles. The molecule has 0 unspecified atom stereocenters. The van der Waals surface area contributed by atoms with Crippen molar-refractivity contribution in [3.8, 4) is 0 Å². The van der Waals surface area contributed by atoms with Crippen molar-refractivity contribution >= 4 is 11.8 Å². The first-order valence-corrected chi connectivity index (χ1v) is 6.30. The van der Waals surface area contributed by atoms with Crippen molar-refractivity contribution in [2.45, 2.75) is 46.7 Å². The van der Waals surface area contributed by atoms with Crippen LogP contribution in [0.2, 0.25) is 0 Å². The molecule has 0 saturated heterocycles. The molecular weight excluding hydrogens is 166 g/mol. The molecule has 0 amide bonds. The van der Waals surface area contributed by atoms with Crippen molar-refractivity contribution in [3.63, 3.8) is 0 Å². The molecule has 0 N–H and O–H groups in total. The topological polar surface area (TPSA) is 3.24 Å². The van der Waals surface area contributed by atoms with Crippen LogP contribution in [0.4, 0.5) is 0 Å². The van der Waals surface area contributed by atoms with Gasteiger partial charge in [0.2, 0.25) is 0 Å². The molecule has 0 aromatic heterocycles. The highest BCUT2D eigenvalue weighted by atomic mass is 32.2. The average molecular weight is 191 g/mol. The summed E-state index contributed by atoms with van der Waals surface area (Å²) in [6.45, 7) is 12.3. The lowest BCUT2D eigenvalue weighted by atomic mass is 10.2. The van der Waals surface area contributed by atoms with Gasteiger partial charge in [0.1, 0.15) is 0 Å². The number of nitrogens with zero attached hydrogens (tertiary/aromatic N) is 1. The molecular formula is C10H25NS. The lowest BCUT2D eigenvalue weighted by Crippen LogP contribution is -2.36. The Labute approximate surface area is 82.9 Å². The fraction of sp³-hybridized carbons (Fsp3) is 1.00. The van der Waals surface area contributed by atoms with Crippen LogP contribution in [0.15, 0.2) is 0 Å². The zero-order valence-electron chi connectivity index (χ0n) is 9.72. The van der Waals surface area contributed by atoms with Gasteiger partial charge in [-0.15, -0.1) is 0 Å². The first kappa shape index (κ1) is 14.8. The molecule has 0 atom stereocenters. The maximum Gasteiger partial charge on any atom is 0.00411 e. The maximum atomic E-state index is 2.46. The molecule has 0 bridgehead atoms. The molecule has 0 aromatic carbocycles. The summed E-state index contributed by atoms with van der Waals surface area (Å²) in [7, 11) is 0. The minimum absolute atomic E-state index is 0.690. The summed E-state index contributed by atoms with van der Waals surface area (Å²) >= 11 is 1.75. The Kier molecular flexibility index (Phi) is 11.6. The number of thioether (sulfide) groups is 1. The van der Waals surface area contributed by atoms with Gasteiger partial charge >= 0.3 is 0 Å². The van der Waals surface area contributed by atoms with E-state index in [0.29, 0.717) is 12.1 Å². The molecule has 0 fully saturated rings. The predicted octanol–water partition coefficient (Wildman–Crippen LogP) is 3.10. The van der Waals surface area contributed by atoms with Gasteiger partial charge in [-0.25, -0.2) is 0 Å². The summed E-state index contributed by atoms with van der Waals surface area (Å²) in [4.78, 5) is 2.46. The van der Waals surface area contributed by atoms with E-state index in [4.69, 9.17) is 0 Å². The molecule has 1 nitrogen and oxygen atoms in total. The van der Waals surface area contributed by atoms with Crippen molar-refractivity contribution in [1.29, 1.82) is 0 Å². The van der Waals surface area contributed by atoms with Crippen molar-refractivity contribution in [2.75, 3.05) is 19.1 Å². The van der Waals surface area contributed by atoms with Crippen molar-refractivity contribution in [3.05, 3.63) is 0 Å². The second-order valence-corrected chi connectivity index (χ2v) is 4.24. The zero-order chi connectivity index (χ0) is 10.1. The third-order valence-corrected chi connectivity index (χ3v) is 1.69. The van der Waals surface area contributed by atoms with Gasteiger partial charge in [-0.05, 0) is 46.8 Å². The second-order valence-electron chi connectivity index (χ2n) is 3.43. The monoisotopic (exact) mass is 191 g/mol. The molecule has 12 heavy (non-hydrogen) atoms. The Balaban J connectivity index is 0. The number of hydrogen-bond donors (Lipinski definition) is 0. The van der Waals surface area contributed by atoms with Gasteiger partial charge in [-0.3, -0.25) is 4.90 Å². The lowest BCUT2D eigenvalue weighted by molar-refractivity contribution is 0.185. The first-order valence-electron chi connectivity index (χ1n) is 4.67. The van der Waals surface area contributed by atoms with Gasteiger partial charge in [0, 0.05) is 12.1 Å². The van der Waals surface area contributed by atoms with Gasteiger partial charge in [-0.2, -0.15) is 11.8 Å². The molecule has 0 aliphatic carbocycles. The van der Waals surface area contributed by atoms with E-state index in [-0.39, 0.29) is 0 Å². The smallest absolute Gasteiger partial charge is 0.00411 e. The SMILES string of the molecule is CCN(C(C)C)C(C)C.CSC. The highest BCUT2D eigenvalue weighted by Crippen LogP contribution is 2.02. The number of rotatable bonds is 3. The zero-order valence-corrected chi connectivity index (χ0v) is 10.5. The first-order chi connectivity index (χ1) is 5.51. The van der Waals surface area contributed by atoms with E-state index in [9.17, 15) is 0 Å². The quantitative estimate of drug-likeness (QED) is 0.674. The Bertz CT molecular complexity index is 73.9. The summed E-state index contributed by atoms with van der Waals surface area (Å²) < 4.78 is 0. The van der Waals surface area contributed by atoms with E-state index in [1.807, 2.05) is 12.5 Å². The second kappa shape index (κ2) is 9.40. The van der Waals surface area contributed by atoms with Crippen molar-refractivity contribution in [1.82, 2.24) is 4.90 Å². The van der Waals surface area contributed by atoms with E-state index < -0.39 is 0 Å². The highest BCUT2D eigenvalue weighted by Gasteiger charge is 2.08. The van der Waals surface area contributed by atoms with Crippen LogP contribution in [0, 0.1) is 0 Å². The molecule has 0 spiro atoms. The van der Waals surface area contributed by atoms with E-state index in [2.05, 4.69) is 39.5 Å². The minimum Gasteiger partial charge on any atom is -0.299 e. The molecule has 0 aliphatic rings. The summed E-state index contributed by atoms with van der Waals surface area (Å²) in [5.74, 6) is 0. The molecule has 0 rings (SSSR count). The minimum atomic E-state index is 0.690. The lowest BCUT2D eigenvalue weighted by Gasteiger charge is -2.28. The Morgan fingerprint density at radius 1 is 1.00 bits per heavy atom. The highest BCUT2D eigenvalue weighted by molar-refractivity contribution is 7.97. The van der Waals surface area contributed by atoms with Crippen LogP contribution < -0.4 is 0 Å². The Morgan fingerprint density at radius 2 is 1.25 bits per heavy atom. The molecule has 0 aliphatic heterocycles. The molecule has 0 radical (unpaired) electrons. The fourth-order valence-electron chi connectivity index (χ4n) is 1.33. The van der Waals surface area contributed by atoms with Gasteiger partial charge in [-0.1, -0.05) is 6.92 Å². The van der Waals surface area contributed by atoms with Gasteiger partial charge in [0.15, 0.2) is 0 Å². The molecule has 2 heteroatoms. The summed E-state index contributed by atoms with van der Waals surface area (Å²) in [5.41, 5.74) is 0. The van der Waals surface area contributed by atoms with Crippen LogP contribution in [-0.2, 0) is 0 Å². The Hall–Kier alpha value is 0.310. The molecule has 0 aromatic rings. The van der Waals surface area contributed by atoms with Gasteiger partial charge in [0.05, 0.1) is 0 Å².